The third kappa shape index (κ3) is 3.59. The summed E-state index contributed by atoms with van der Waals surface area (Å²) in [5, 5.41) is 0.517. The molecular formula is C36H28ClNO4. The molecule has 0 radical (unpaired) electrons. The van der Waals surface area contributed by atoms with Gasteiger partial charge in [0.15, 0.2) is 17.3 Å². The molecule has 2 heterocycles. The molecule has 0 aromatic heterocycles. The fourth-order valence-electron chi connectivity index (χ4n) is 7.25. The summed E-state index contributed by atoms with van der Waals surface area (Å²) < 4.78 is 6.10. The summed E-state index contributed by atoms with van der Waals surface area (Å²) in [6.45, 7) is 4.30. The number of anilines is 1. The average Bonchev–Trinajstić information content (AvgIpc) is 3.43. The minimum atomic E-state index is -1.58. The highest BCUT2D eigenvalue weighted by Crippen LogP contribution is 2.62. The topological polar surface area (TPSA) is 63.7 Å². The molecule has 0 N–H and O–H groups in total. The van der Waals surface area contributed by atoms with Gasteiger partial charge in [-0.15, -0.1) is 0 Å². The van der Waals surface area contributed by atoms with E-state index in [1.165, 1.54) is 0 Å². The van der Waals surface area contributed by atoms with E-state index in [1.807, 2.05) is 67.3 Å². The number of hydrogen-bond donors (Lipinski definition) is 0. The highest BCUT2D eigenvalue weighted by atomic mass is 35.5. The maximum Gasteiger partial charge on any atom is 0.185 e. The molecule has 208 valence electrons. The van der Waals surface area contributed by atoms with Gasteiger partial charge in [-0.1, -0.05) is 77.8 Å². The number of para-hydroxylation sites is 1. The highest BCUT2D eigenvalue weighted by molar-refractivity contribution is 6.32. The van der Waals surface area contributed by atoms with E-state index in [2.05, 4.69) is 6.07 Å². The van der Waals surface area contributed by atoms with E-state index < -0.39 is 23.4 Å². The van der Waals surface area contributed by atoms with Crippen LogP contribution < -0.4 is 9.64 Å². The number of aryl methyl sites for hydroxylation is 1. The average molecular weight is 574 g/mol. The smallest absolute Gasteiger partial charge is 0.185 e. The second kappa shape index (κ2) is 9.81. The molecule has 7 rings (SSSR count). The number of ketones is 3. The van der Waals surface area contributed by atoms with Crippen molar-refractivity contribution in [2.45, 2.75) is 31.8 Å². The van der Waals surface area contributed by atoms with Gasteiger partial charge in [0, 0.05) is 38.9 Å². The molecule has 3 aliphatic rings. The minimum Gasteiger partial charge on any atom is -0.494 e. The molecule has 3 atom stereocenters. The van der Waals surface area contributed by atoms with Crippen LogP contribution in [0, 0.1) is 12.3 Å². The van der Waals surface area contributed by atoms with Crippen molar-refractivity contribution in [2.24, 2.45) is 5.41 Å². The van der Waals surface area contributed by atoms with Crippen LogP contribution in [0.3, 0.4) is 0 Å². The second-order valence-corrected chi connectivity index (χ2v) is 11.5. The molecule has 1 aliphatic carbocycles. The number of benzene rings is 4. The summed E-state index contributed by atoms with van der Waals surface area (Å²) in [6, 6.07) is 25.7. The first-order valence-electron chi connectivity index (χ1n) is 14.1. The van der Waals surface area contributed by atoms with Crippen LogP contribution in [0.25, 0.3) is 6.08 Å². The van der Waals surface area contributed by atoms with Crippen LogP contribution >= 0.6 is 11.6 Å². The minimum absolute atomic E-state index is 0.191. The third-order valence-electron chi connectivity index (χ3n) is 8.91. The van der Waals surface area contributed by atoms with Crippen molar-refractivity contribution in [1.29, 1.82) is 0 Å². The van der Waals surface area contributed by atoms with E-state index >= 15 is 0 Å². The highest BCUT2D eigenvalue weighted by Gasteiger charge is 2.71. The Kier molecular flexibility index (Phi) is 6.17. The molecular weight excluding hydrogens is 546 g/mol. The Labute approximate surface area is 249 Å². The van der Waals surface area contributed by atoms with Crippen LogP contribution in [0.5, 0.6) is 5.75 Å². The van der Waals surface area contributed by atoms with Crippen molar-refractivity contribution in [1.82, 2.24) is 0 Å². The van der Waals surface area contributed by atoms with E-state index in [0.29, 0.717) is 39.6 Å². The number of halogens is 1. The number of rotatable bonds is 5. The van der Waals surface area contributed by atoms with Crippen molar-refractivity contribution >= 4 is 40.7 Å². The van der Waals surface area contributed by atoms with Gasteiger partial charge in [0.05, 0.1) is 12.6 Å². The molecule has 0 bridgehead atoms. The lowest BCUT2D eigenvalue weighted by atomic mass is 9.64. The SMILES string of the molecule is CCOc1ccccc1[C@@H]1[C@H](C(=O)c2ccc(Cl)cc2)N2c3ccc(C)cc3C=C[C@H]2C12C(=O)c1ccccc1C2=O. The quantitative estimate of drug-likeness (QED) is 0.184. The second-order valence-electron chi connectivity index (χ2n) is 11.1. The fraction of sp³-hybridized carbons (Fsp3) is 0.194. The molecule has 1 fully saturated rings. The summed E-state index contributed by atoms with van der Waals surface area (Å²) in [5.41, 5.74) is 3.15. The van der Waals surface area contributed by atoms with Gasteiger partial charge in [0.25, 0.3) is 0 Å². The van der Waals surface area contributed by atoms with Crippen LogP contribution in [0.15, 0.2) is 97.1 Å². The van der Waals surface area contributed by atoms with Crippen LogP contribution in [-0.2, 0) is 0 Å². The summed E-state index contributed by atoms with van der Waals surface area (Å²) in [7, 11) is 0. The first kappa shape index (κ1) is 26.4. The fourth-order valence-corrected chi connectivity index (χ4v) is 7.37. The van der Waals surface area contributed by atoms with Gasteiger partial charge in [-0.3, -0.25) is 14.4 Å². The van der Waals surface area contributed by atoms with Gasteiger partial charge in [0.1, 0.15) is 17.2 Å². The number of hydrogen-bond acceptors (Lipinski definition) is 5. The van der Waals surface area contributed by atoms with E-state index in [9.17, 15) is 14.4 Å². The zero-order chi connectivity index (χ0) is 29.2. The predicted octanol–water partition coefficient (Wildman–Crippen LogP) is 7.36. The molecule has 2 aliphatic heterocycles. The molecule has 0 unspecified atom stereocenters. The van der Waals surface area contributed by atoms with E-state index in [1.54, 1.807) is 48.5 Å². The zero-order valence-electron chi connectivity index (χ0n) is 23.2. The molecule has 6 heteroatoms. The number of nitrogens with zero attached hydrogens (tertiary/aromatic N) is 1. The van der Waals surface area contributed by atoms with Gasteiger partial charge < -0.3 is 9.64 Å². The Balaban J connectivity index is 1.56. The van der Waals surface area contributed by atoms with Crippen LogP contribution in [0.2, 0.25) is 5.02 Å². The molecule has 42 heavy (non-hydrogen) atoms. The number of fused-ring (bicyclic) bond motifs is 5. The van der Waals surface area contributed by atoms with Crippen molar-refractivity contribution in [2.75, 3.05) is 11.5 Å². The summed E-state index contributed by atoms with van der Waals surface area (Å²) in [6.07, 6.45) is 3.92. The number of carbonyl (C=O) groups excluding carboxylic acids is 3. The normalized spacial score (nSPS) is 21.3. The largest absolute Gasteiger partial charge is 0.494 e. The molecule has 4 aromatic carbocycles. The van der Waals surface area contributed by atoms with Crippen LogP contribution in [0.1, 0.15) is 60.6 Å². The number of carbonyl (C=O) groups is 3. The maximum atomic E-state index is 14.8. The van der Waals surface area contributed by atoms with E-state index in [4.69, 9.17) is 16.3 Å². The lowest BCUT2D eigenvalue weighted by molar-refractivity contribution is 0.0664. The zero-order valence-corrected chi connectivity index (χ0v) is 24.0. The Morgan fingerprint density at radius 2 is 1.57 bits per heavy atom. The van der Waals surface area contributed by atoms with Gasteiger partial charge in [0.2, 0.25) is 0 Å². The van der Waals surface area contributed by atoms with Crippen molar-refractivity contribution in [3.05, 3.63) is 135 Å². The van der Waals surface area contributed by atoms with Crippen molar-refractivity contribution < 1.29 is 19.1 Å². The molecule has 1 spiro atoms. The van der Waals surface area contributed by atoms with E-state index in [0.717, 1.165) is 16.8 Å². The molecule has 1 saturated heterocycles. The third-order valence-corrected chi connectivity index (χ3v) is 9.16. The van der Waals surface area contributed by atoms with Gasteiger partial charge in [-0.25, -0.2) is 0 Å². The first-order valence-corrected chi connectivity index (χ1v) is 14.5. The Hall–Kier alpha value is -4.48. The molecule has 4 aromatic rings. The van der Waals surface area contributed by atoms with Crippen molar-refractivity contribution in [3.63, 3.8) is 0 Å². The molecule has 0 saturated carbocycles. The maximum absolute atomic E-state index is 14.8. The Morgan fingerprint density at radius 3 is 2.26 bits per heavy atom. The lowest BCUT2D eigenvalue weighted by Crippen LogP contribution is -2.48. The van der Waals surface area contributed by atoms with Gasteiger partial charge in [-0.05, 0) is 61.9 Å². The molecule has 0 amide bonds. The number of Topliss-reactive ketones (excluding diaryl/α,β-unsaturated/α-hetero) is 3. The van der Waals surface area contributed by atoms with Gasteiger partial charge >= 0.3 is 0 Å². The lowest BCUT2D eigenvalue weighted by Gasteiger charge is -2.37. The van der Waals surface area contributed by atoms with Crippen molar-refractivity contribution in [3.8, 4) is 5.75 Å². The summed E-state index contributed by atoms with van der Waals surface area (Å²) in [5.74, 6) is -0.995. The Bertz CT molecular complexity index is 1770. The predicted molar refractivity (Wildman–Crippen MR) is 164 cm³/mol. The van der Waals surface area contributed by atoms with E-state index in [-0.39, 0.29) is 17.3 Å². The summed E-state index contributed by atoms with van der Waals surface area (Å²) >= 11 is 6.20. The van der Waals surface area contributed by atoms with Crippen LogP contribution in [-0.4, -0.2) is 36.0 Å². The Morgan fingerprint density at radius 1 is 0.905 bits per heavy atom. The molecule has 5 nitrogen and oxygen atoms in total. The monoisotopic (exact) mass is 573 g/mol. The number of ether oxygens (including phenoxy) is 1. The van der Waals surface area contributed by atoms with Crippen LogP contribution in [0.4, 0.5) is 5.69 Å². The van der Waals surface area contributed by atoms with Gasteiger partial charge in [-0.2, -0.15) is 0 Å². The first-order chi connectivity index (χ1) is 20.4. The standard InChI is InChI=1S/C36H28ClNO4/c1-3-42-29-11-7-6-10-27(29)31-32(33(39)22-13-16-24(37)17-14-22)38-28-18-12-21(2)20-23(28)15-19-30(38)36(31)34(40)25-8-4-5-9-26(25)35(36)41/h4-20,30-32H,3H2,1-2H3/t30-,31+,32+/m0/s1. The summed E-state index contributed by atoms with van der Waals surface area (Å²) in [4.78, 5) is 46.4.